The SMILES string of the molecule is O=C(CCl)NOCc1ccc(C(F)(F)F)cc1. The van der Waals surface area contributed by atoms with E-state index in [-0.39, 0.29) is 12.5 Å². The Morgan fingerprint density at radius 3 is 2.35 bits per heavy atom. The molecule has 0 spiro atoms. The Balaban J connectivity index is 2.49. The Hall–Kier alpha value is -1.27. The lowest BCUT2D eigenvalue weighted by Crippen LogP contribution is -2.24. The fourth-order valence-electron chi connectivity index (χ4n) is 1.02. The lowest BCUT2D eigenvalue weighted by Gasteiger charge is -2.08. The van der Waals surface area contributed by atoms with E-state index in [2.05, 4.69) is 0 Å². The summed E-state index contributed by atoms with van der Waals surface area (Å²) in [6, 6.07) is 4.44. The zero-order chi connectivity index (χ0) is 12.9. The lowest BCUT2D eigenvalue weighted by atomic mass is 10.1. The highest BCUT2D eigenvalue weighted by Crippen LogP contribution is 2.29. The first-order valence-electron chi connectivity index (χ1n) is 4.56. The largest absolute Gasteiger partial charge is 0.416 e. The van der Waals surface area contributed by atoms with Gasteiger partial charge in [0.2, 0.25) is 0 Å². The topological polar surface area (TPSA) is 38.3 Å². The van der Waals surface area contributed by atoms with Crippen molar-refractivity contribution in [1.29, 1.82) is 0 Å². The maximum atomic E-state index is 12.2. The van der Waals surface area contributed by atoms with Crippen molar-refractivity contribution in [3.8, 4) is 0 Å². The Morgan fingerprint density at radius 2 is 1.88 bits per heavy atom. The number of hydrogen-bond acceptors (Lipinski definition) is 2. The van der Waals surface area contributed by atoms with Gasteiger partial charge in [0.1, 0.15) is 5.88 Å². The molecule has 0 aliphatic carbocycles. The van der Waals surface area contributed by atoms with E-state index in [1.54, 1.807) is 0 Å². The van der Waals surface area contributed by atoms with Gasteiger partial charge in [-0.3, -0.25) is 9.63 Å². The zero-order valence-electron chi connectivity index (χ0n) is 8.55. The highest BCUT2D eigenvalue weighted by atomic mass is 35.5. The minimum absolute atomic E-state index is 0.0270. The highest BCUT2D eigenvalue weighted by molar-refractivity contribution is 6.27. The number of benzene rings is 1. The summed E-state index contributed by atoms with van der Waals surface area (Å²) in [6.45, 7) is -0.0270. The van der Waals surface area contributed by atoms with Crippen LogP contribution in [-0.4, -0.2) is 11.8 Å². The summed E-state index contributed by atoms with van der Waals surface area (Å²) in [4.78, 5) is 15.4. The molecule has 1 aromatic rings. The van der Waals surface area contributed by atoms with Crippen LogP contribution in [0.1, 0.15) is 11.1 Å². The predicted octanol–water partition coefficient (Wildman–Crippen LogP) is 2.49. The third-order valence-corrected chi connectivity index (χ3v) is 2.07. The monoisotopic (exact) mass is 267 g/mol. The summed E-state index contributed by atoms with van der Waals surface area (Å²) >= 11 is 5.19. The number of alkyl halides is 4. The molecule has 1 amide bonds. The first-order chi connectivity index (χ1) is 7.93. The molecule has 1 aromatic carbocycles. The number of amides is 1. The quantitative estimate of drug-likeness (QED) is 0.672. The van der Waals surface area contributed by atoms with Crippen molar-refractivity contribution in [3.05, 3.63) is 35.4 Å². The summed E-state index contributed by atoms with van der Waals surface area (Å²) in [5.41, 5.74) is 1.81. The smallest absolute Gasteiger partial charge is 0.271 e. The maximum absolute atomic E-state index is 12.2. The van der Waals surface area contributed by atoms with Crippen LogP contribution in [0.15, 0.2) is 24.3 Å². The summed E-state index contributed by atoms with van der Waals surface area (Å²) < 4.78 is 36.7. The second kappa shape index (κ2) is 5.88. The van der Waals surface area contributed by atoms with E-state index in [0.717, 1.165) is 12.1 Å². The Morgan fingerprint density at radius 1 is 1.29 bits per heavy atom. The van der Waals surface area contributed by atoms with E-state index in [9.17, 15) is 18.0 Å². The molecule has 17 heavy (non-hydrogen) atoms. The van der Waals surface area contributed by atoms with Crippen LogP contribution in [0.4, 0.5) is 13.2 Å². The first kappa shape index (κ1) is 13.8. The zero-order valence-corrected chi connectivity index (χ0v) is 9.31. The lowest BCUT2D eigenvalue weighted by molar-refractivity contribution is -0.137. The van der Waals surface area contributed by atoms with E-state index >= 15 is 0 Å². The molecule has 0 saturated heterocycles. The van der Waals surface area contributed by atoms with Crippen molar-refractivity contribution < 1.29 is 22.8 Å². The number of halogens is 4. The van der Waals surface area contributed by atoms with Crippen molar-refractivity contribution in [2.45, 2.75) is 12.8 Å². The molecule has 0 heterocycles. The van der Waals surface area contributed by atoms with Crippen LogP contribution in [-0.2, 0) is 22.4 Å². The van der Waals surface area contributed by atoms with Gasteiger partial charge in [-0.1, -0.05) is 12.1 Å². The van der Waals surface area contributed by atoms with Gasteiger partial charge in [0.05, 0.1) is 12.2 Å². The molecule has 0 bridgehead atoms. The molecular weight excluding hydrogens is 259 g/mol. The van der Waals surface area contributed by atoms with Crippen molar-refractivity contribution in [1.82, 2.24) is 5.48 Å². The highest BCUT2D eigenvalue weighted by Gasteiger charge is 2.29. The first-order valence-corrected chi connectivity index (χ1v) is 5.09. The molecule has 7 heteroatoms. The van der Waals surface area contributed by atoms with Crippen LogP contribution in [0.5, 0.6) is 0 Å². The summed E-state index contributed by atoms with van der Waals surface area (Å²) in [6.07, 6.45) is -4.35. The van der Waals surface area contributed by atoms with Crippen LogP contribution in [0.3, 0.4) is 0 Å². The molecule has 0 unspecified atom stereocenters. The Labute approximate surface area is 100 Å². The molecule has 0 fully saturated rings. The molecule has 1 N–H and O–H groups in total. The van der Waals surface area contributed by atoms with Gasteiger partial charge >= 0.3 is 6.18 Å². The maximum Gasteiger partial charge on any atom is 0.416 e. The average Bonchev–Trinajstić information content (AvgIpc) is 2.28. The minimum atomic E-state index is -4.35. The normalized spacial score (nSPS) is 11.3. The van der Waals surface area contributed by atoms with E-state index in [0.29, 0.717) is 5.56 Å². The van der Waals surface area contributed by atoms with Gasteiger partial charge in [0, 0.05) is 0 Å². The molecule has 0 radical (unpaired) electrons. The molecule has 3 nitrogen and oxygen atoms in total. The van der Waals surface area contributed by atoms with Gasteiger partial charge < -0.3 is 0 Å². The minimum Gasteiger partial charge on any atom is -0.271 e. The van der Waals surface area contributed by atoms with Crippen LogP contribution in [0, 0.1) is 0 Å². The van der Waals surface area contributed by atoms with Crippen molar-refractivity contribution in [3.63, 3.8) is 0 Å². The Kier molecular flexibility index (Phi) is 4.77. The van der Waals surface area contributed by atoms with Crippen molar-refractivity contribution >= 4 is 17.5 Å². The summed E-state index contributed by atoms with van der Waals surface area (Å²) in [5.74, 6) is -0.758. The molecule has 0 atom stereocenters. The van der Waals surface area contributed by atoms with E-state index in [1.807, 2.05) is 5.48 Å². The number of nitrogens with one attached hydrogen (secondary N) is 1. The number of hydrogen-bond donors (Lipinski definition) is 1. The fourth-order valence-corrected chi connectivity index (χ4v) is 1.07. The second-order valence-corrected chi connectivity index (χ2v) is 3.41. The molecular formula is C10H9ClF3NO2. The van der Waals surface area contributed by atoms with Crippen LogP contribution in [0.25, 0.3) is 0 Å². The van der Waals surface area contributed by atoms with Gasteiger partial charge in [-0.05, 0) is 17.7 Å². The number of carbonyl (C=O) groups excluding carboxylic acids is 1. The number of hydroxylamine groups is 1. The molecule has 94 valence electrons. The second-order valence-electron chi connectivity index (χ2n) is 3.14. The van der Waals surface area contributed by atoms with E-state index in [4.69, 9.17) is 16.4 Å². The molecule has 0 aliphatic rings. The van der Waals surface area contributed by atoms with Crippen LogP contribution in [0.2, 0.25) is 0 Å². The standard InChI is InChI=1S/C10H9ClF3NO2/c11-5-9(16)15-17-6-7-1-3-8(4-2-7)10(12,13)14/h1-4H,5-6H2,(H,15,16). The third kappa shape index (κ3) is 4.62. The van der Waals surface area contributed by atoms with Crippen LogP contribution >= 0.6 is 11.6 Å². The predicted molar refractivity (Wildman–Crippen MR) is 55.1 cm³/mol. The summed E-state index contributed by atoms with van der Waals surface area (Å²) in [7, 11) is 0. The molecule has 0 aromatic heterocycles. The van der Waals surface area contributed by atoms with Gasteiger partial charge in [0.25, 0.3) is 5.91 Å². The van der Waals surface area contributed by atoms with Crippen molar-refractivity contribution in [2.24, 2.45) is 0 Å². The summed E-state index contributed by atoms with van der Waals surface area (Å²) in [5, 5.41) is 0. The third-order valence-electron chi connectivity index (χ3n) is 1.83. The van der Waals surface area contributed by atoms with E-state index in [1.165, 1.54) is 12.1 Å². The van der Waals surface area contributed by atoms with Gasteiger partial charge in [-0.2, -0.15) is 13.2 Å². The average molecular weight is 268 g/mol. The Bertz CT molecular complexity index is 378. The number of rotatable bonds is 4. The fraction of sp³-hybridized carbons (Fsp3) is 0.300. The number of carbonyl (C=O) groups is 1. The molecule has 0 aliphatic heterocycles. The van der Waals surface area contributed by atoms with Gasteiger partial charge in [-0.15, -0.1) is 11.6 Å². The van der Waals surface area contributed by atoms with Gasteiger partial charge in [0.15, 0.2) is 0 Å². The van der Waals surface area contributed by atoms with Crippen molar-refractivity contribution in [2.75, 3.05) is 5.88 Å². The molecule has 0 saturated carbocycles. The molecule has 1 rings (SSSR count). The van der Waals surface area contributed by atoms with Gasteiger partial charge in [-0.25, -0.2) is 5.48 Å². The van der Waals surface area contributed by atoms with E-state index < -0.39 is 17.6 Å². The van der Waals surface area contributed by atoms with Crippen LogP contribution < -0.4 is 5.48 Å².